The highest BCUT2D eigenvalue weighted by molar-refractivity contribution is 7.91. The van der Waals surface area contributed by atoms with Gasteiger partial charge in [0.1, 0.15) is 16.4 Å². The van der Waals surface area contributed by atoms with Gasteiger partial charge < -0.3 is 10.1 Å². The minimum Gasteiger partial charge on any atom is -0.462 e. The van der Waals surface area contributed by atoms with Gasteiger partial charge in [-0.3, -0.25) is 4.79 Å². The zero-order valence-electron chi connectivity index (χ0n) is 15.2. The first kappa shape index (κ1) is 20.5. The van der Waals surface area contributed by atoms with Gasteiger partial charge in [-0.15, -0.1) is 11.3 Å². The highest BCUT2D eigenvalue weighted by Gasteiger charge is 2.30. The Bertz CT molecular complexity index is 982. The summed E-state index contributed by atoms with van der Waals surface area (Å²) in [6.07, 6.45) is 0.539. The molecule has 150 valence electrons. The fraction of sp³-hybridized carbons (Fsp3) is 0.368. The number of amides is 1. The molecule has 1 aromatic carbocycles. The van der Waals surface area contributed by atoms with Crippen molar-refractivity contribution in [2.75, 3.05) is 23.4 Å². The Morgan fingerprint density at radius 1 is 1.29 bits per heavy atom. The van der Waals surface area contributed by atoms with Crippen molar-refractivity contribution in [2.45, 2.75) is 19.8 Å². The van der Waals surface area contributed by atoms with E-state index >= 15 is 0 Å². The first-order chi connectivity index (χ1) is 13.3. The molecule has 6 nitrogen and oxygen atoms in total. The van der Waals surface area contributed by atoms with Gasteiger partial charge in [-0.1, -0.05) is 12.1 Å². The van der Waals surface area contributed by atoms with Gasteiger partial charge in [-0.25, -0.2) is 17.6 Å². The largest absolute Gasteiger partial charge is 0.462 e. The third-order valence-electron chi connectivity index (χ3n) is 4.48. The molecule has 28 heavy (non-hydrogen) atoms. The molecule has 0 radical (unpaired) electrons. The molecule has 1 aliphatic heterocycles. The molecule has 1 amide bonds. The molecule has 2 heterocycles. The Hall–Kier alpha value is -2.26. The molecule has 1 atom stereocenters. The van der Waals surface area contributed by atoms with Crippen LogP contribution in [-0.4, -0.2) is 38.4 Å². The third kappa shape index (κ3) is 4.77. The Kier molecular flexibility index (Phi) is 6.14. The maximum Gasteiger partial charge on any atom is 0.341 e. The van der Waals surface area contributed by atoms with Crippen molar-refractivity contribution in [1.29, 1.82) is 0 Å². The molecule has 1 aromatic heterocycles. The maximum absolute atomic E-state index is 13.2. The smallest absolute Gasteiger partial charge is 0.341 e. The van der Waals surface area contributed by atoms with Crippen LogP contribution in [0.4, 0.5) is 9.39 Å². The van der Waals surface area contributed by atoms with Crippen molar-refractivity contribution in [2.24, 2.45) is 5.92 Å². The zero-order valence-corrected chi connectivity index (χ0v) is 16.9. The highest BCUT2D eigenvalue weighted by Crippen LogP contribution is 2.36. The molecule has 9 heteroatoms. The molecule has 0 saturated carbocycles. The van der Waals surface area contributed by atoms with Crippen molar-refractivity contribution in [3.63, 3.8) is 0 Å². The van der Waals surface area contributed by atoms with Crippen molar-refractivity contribution >= 4 is 38.1 Å². The number of sulfone groups is 1. The van der Waals surface area contributed by atoms with Crippen LogP contribution in [-0.2, 0) is 19.4 Å². The molecular formula is C19H20FNO5S2. The number of esters is 1. The van der Waals surface area contributed by atoms with Crippen molar-refractivity contribution in [3.05, 3.63) is 41.0 Å². The maximum atomic E-state index is 13.2. The monoisotopic (exact) mass is 425 g/mol. The quantitative estimate of drug-likeness (QED) is 0.716. The molecule has 0 spiro atoms. The SMILES string of the molecule is CCOC(=O)c1c(-c2ccc(F)cc2)csc1NC(=O)C[C@@H]1CCS(=O)(=O)C1. The van der Waals surface area contributed by atoms with Gasteiger partial charge >= 0.3 is 5.97 Å². The van der Waals surface area contributed by atoms with Crippen LogP contribution in [0, 0.1) is 11.7 Å². The minimum absolute atomic E-state index is 0.0103. The molecule has 1 aliphatic rings. The van der Waals surface area contributed by atoms with E-state index in [9.17, 15) is 22.4 Å². The number of halogens is 1. The lowest BCUT2D eigenvalue weighted by Gasteiger charge is -2.10. The van der Waals surface area contributed by atoms with E-state index in [0.717, 1.165) is 0 Å². The number of carbonyl (C=O) groups excluding carboxylic acids is 2. The Morgan fingerprint density at radius 3 is 2.61 bits per heavy atom. The number of hydrogen-bond donors (Lipinski definition) is 1. The lowest BCUT2D eigenvalue weighted by molar-refractivity contribution is -0.116. The summed E-state index contributed by atoms with van der Waals surface area (Å²) in [5, 5.41) is 4.76. The van der Waals surface area contributed by atoms with E-state index in [0.29, 0.717) is 22.5 Å². The zero-order chi connectivity index (χ0) is 20.3. The minimum atomic E-state index is -3.06. The van der Waals surface area contributed by atoms with Crippen LogP contribution in [0.1, 0.15) is 30.1 Å². The molecule has 1 saturated heterocycles. The number of rotatable bonds is 6. The molecule has 0 unspecified atom stereocenters. The number of hydrogen-bond acceptors (Lipinski definition) is 6. The average molecular weight is 426 g/mol. The van der Waals surface area contributed by atoms with Gasteiger partial charge in [0.2, 0.25) is 5.91 Å². The summed E-state index contributed by atoms with van der Waals surface area (Å²) in [5.41, 5.74) is 1.39. The first-order valence-corrected chi connectivity index (χ1v) is 11.5. The van der Waals surface area contributed by atoms with E-state index < -0.39 is 21.6 Å². The Morgan fingerprint density at radius 2 is 2.00 bits per heavy atom. The number of benzene rings is 1. The van der Waals surface area contributed by atoms with E-state index in [1.54, 1.807) is 24.4 Å². The van der Waals surface area contributed by atoms with Crippen LogP contribution in [0.2, 0.25) is 0 Å². The van der Waals surface area contributed by atoms with Gasteiger partial charge in [0.25, 0.3) is 0 Å². The average Bonchev–Trinajstić information content (AvgIpc) is 3.18. The van der Waals surface area contributed by atoms with E-state index in [1.807, 2.05) is 0 Å². The molecule has 1 fully saturated rings. The van der Waals surface area contributed by atoms with Crippen molar-refractivity contribution < 1.29 is 27.1 Å². The predicted octanol–water partition coefficient (Wildman–Crippen LogP) is 3.49. The van der Waals surface area contributed by atoms with Crippen LogP contribution in [0.5, 0.6) is 0 Å². The molecular weight excluding hydrogens is 405 g/mol. The second-order valence-corrected chi connectivity index (χ2v) is 9.71. The fourth-order valence-corrected chi connectivity index (χ4v) is 6.01. The summed E-state index contributed by atoms with van der Waals surface area (Å²) in [4.78, 5) is 24.9. The number of nitrogens with one attached hydrogen (secondary N) is 1. The van der Waals surface area contributed by atoms with Gasteiger partial charge in [-0.05, 0) is 37.0 Å². The Balaban J connectivity index is 1.83. The first-order valence-electron chi connectivity index (χ1n) is 8.84. The van der Waals surface area contributed by atoms with Crippen LogP contribution in [0.15, 0.2) is 29.6 Å². The van der Waals surface area contributed by atoms with Crippen LogP contribution in [0.3, 0.4) is 0 Å². The standard InChI is InChI=1S/C19H20FNO5S2/c1-2-26-19(23)17-15(13-3-5-14(20)6-4-13)10-27-18(17)21-16(22)9-12-7-8-28(24,25)11-12/h3-6,10,12H,2,7-9,11H2,1H3,(H,21,22)/t12-/m0/s1. The van der Waals surface area contributed by atoms with Gasteiger partial charge in [0.15, 0.2) is 9.84 Å². The molecule has 2 aromatic rings. The summed E-state index contributed by atoms with van der Waals surface area (Å²) in [7, 11) is -3.06. The topological polar surface area (TPSA) is 89.5 Å². The predicted molar refractivity (Wildman–Crippen MR) is 106 cm³/mol. The van der Waals surface area contributed by atoms with E-state index in [4.69, 9.17) is 4.74 Å². The number of thiophene rings is 1. The molecule has 3 rings (SSSR count). The van der Waals surface area contributed by atoms with Gasteiger partial charge in [0, 0.05) is 17.4 Å². The van der Waals surface area contributed by atoms with Gasteiger partial charge in [0.05, 0.1) is 18.1 Å². The summed E-state index contributed by atoms with van der Waals surface area (Å²) < 4.78 is 41.5. The van der Waals surface area contributed by atoms with Crippen LogP contribution >= 0.6 is 11.3 Å². The summed E-state index contributed by atoms with van der Waals surface area (Å²) in [5.74, 6) is -1.42. The second kappa shape index (κ2) is 8.40. The van der Waals surface area contributed by atoms with E-state index in [1.165, 1.54) is 23.5 Å². The fourth-order valence-electron chi connectivity index (χ4n) is 3.17. The Labute approximate surface area is 166 Å². The number of ether oxygens (including phenoxy) is 1. The van der Waals surface area contributed by atoms with Gasteiger partial charge in [-0.2, -0.15) is 0 Å². The van der Waals surface area contributed by atoms with Crippen LogP contribution < -0.4 is 5.32 Å². The summed E-state index contributed by atoms with van der Waals surface area (Å²) in [6.45, 7) is 1.85. The number of carbonyl (C=O) groups is 2. The third-order valence-corrected chi connectivity index (χ3v) is 7.21. The highest BCUT2D eigenvalue weighted by atomic mass is 32.2. The second-order valence-electron chi connectivity index (χ2n) is 6.60. The summed E-state index contributed by atoms with van der Waals surface area (Å²) >= 11 is 1.17. The molecule has 0 aliphatic carbocycles. The van der Waals surface area contributed by atoms with Crippen molar-refractivity contribution in [3.8, 4) is 11.1 Å². The number of anilines is 1. The lowest BCUT2D eigenvalue weighted by Crippen LogP contribution is -2.18. The van der Waals surface area contributed by atoms with Crippen LogP contribution in [0.25, 0.3) is 11.1 Å². The van der Waals surface area contributed by atoms with Crippen molar-refractivity contribution in [1.82, 2.24) is 0 Å². The van der Waals surface area contributed by atoms with E-state index in [2.05, 4.69) is 5.32 Å². The van der Waals surface area contributed by atoms with E-state index in [-0.39, 0.29) is 41.9 Å². The summed E-state index contributed by atoms with van der Waals surface area (Å²) in [6, 6.07) is 5.69. The lowest BCUT2D eigenvalue weighted by atomic mass is 10.0. The molecule has 0 bridgehead atoms. The molecule has 1 N–H and O–H groups in total. The normalized spacial score (nSPS) is 18.0.